The molecule has 0 aliphatic rings. The Morgan fingerprint density at radius 1 is 1.50 bits per heavy atom. The van der Waals surface area contributed by atoms with Crippen LogP contribution in [0, 0.1) is 0 Å². The van der Waals surface area contributed by atoms with Gasteiger partial charge in [-0.25, -0.2) is 4.79 Å². The second-order valence-electron chi connectivity index (χ2n) is 3.29. The summed E-state index contributed by atoms with van der Waals surface area (Å²) in [5.41, 5.74) is 0. The molecule has 0 amide bonds. The van der Waals surface area contributed by atoms with E-state index in [0.29, 0.717) is 0 Å². The maximum atomic E-state index is 10.8. The Kier molecular flexibility index (Phi) is 8.24. The zero-order valence-electron chi connectivity index (χ0n) is 8.87. The highest BCUT2D eigenvalue weighted by atomic mass is 16.5. The number of ether oxygens (including phenoxy) is 1. The Morgan fingerprint density at radius 3 is 2.71 bits per heavy atom. The Balaban J connectivity index is 3.57. The molecule has 0 rings (SSSR count). The molecule has 3 heteroatoms. The number of aliphatic hydroxyl groups excluding tert-OH is 1. The van der Waals surface area contributed by atoms with Crippen LogP contribution in [-0.2, 0) is 9.53 Å². The van der Waals surface area contributed by atoms with Crippen LogP contribution in [0.1, 0.15) is 39.0 Å². The lowest BCUT2D eigenvalue weighted by molar-refractivity contribution is -0.145. The molecule has 0 radical (unpaired) electrons. The molecule has 0 heterocycles. The number of hydrogen-bond acceptors (Lipinski definition) is 3. The van der Waals surface area contributed by atoms with Gasteiger partial charge >= 0.3 is 5.97 Å². The van der Waals surface area contributed by atoms with Crippen molar-refractivity contribution in [1.29, 1.82) is 0 Å². The number of unbranched alkanes of at least 4 members (excludes halogenated alkanes) is 3. The van der Waals surface area contributed by atoms with Gasteiger partial charge in [0, 0.05) is 6.08 Å². The summed E-state index contributed by atoms with van der Waals surface area (Å²) < 4.78 is 4.92. The second kappa shape index (κ2) is 8.75. The highest BCUT2D eigenvalue weighted by molar-refractivity contribution is 5.81. The third kappa shape index (κ3) is 6.66. The molecule has 0 saturated carbocycles. The molecule has 0 aromatic heterocycles. The van der Waals surface area contributed by atoms with Crippen molar-refractivity contribution in [3.63, 3.8) is 0 Å². The average molecular weight is 200 g/mol. The fourth-order valence-corrected chi connectivity index (χ4v) is 1.20. The van der Waals surface area contributed by atoms with Gasteiger partial charge in [-0.2, -0.15) is 0 Å². The first kappa shape index (κ1) is 13.2. The van der Waals surface area contributed by atoms with Crippen LogP contribution in [0.15, 0.2) is 12.7 Å². The fraction of sp³-hybridized carbons (Fsp3) is 0.727. The van der Waals surface area contributed by atoms with Crippen LogP contribution >= 0.6 is 0 Å². The quantitative estimate of drug-likeness (QED) is 0.370. The Morgan fingerprint density at radius 2 is 2.21 bits per heavy atom. The van der Waals surface area contributed by atoms with Crippen molar-refractivity contribution in [3.8, 4) is 0 Å². The topological polar surface area (TPSA) is 46.5 Å². The first-order valence-corrected chi connectivity index (χ1v) is 5.18. The standard InChI is InChI=1S/C11H20O3/c1-3-5-6-7-8-10(9-12)14-11(13)4-2/h4,10,12H,2-3,5-9H2,1H3. The summed E-state index contributed by atoms with van der Waals surface area (Å²) in [6.45, 7) is 5.34. The van der Waals surface area contributed by atoms with Gasteiger partial charge < -0.3 is 9.84 Å². The SMILES string of the molecule is C=CC(=O)OC(CO)CCCCCC. The van der Waals surface area contributed by atoms with E-state index in [4.69, 9.17) is 9.84 Å². The van der Waals surface area contributed by atoms with Gasteiger partial charge in [-0.1, -0.05) is 32.8 Å². The number of carbonyl (C=O) groups excluding carboxylic acids is 1. The van der Waals surface area contributed by atoms with Gasteiger partial charge in [0.15, 0.2) is 0 Å². The van der Waals surface area contributed by atoms with E-state index in [9.17, 15) is 4.79 Å². The summed E-state index contributed by atoms with van der Waals surface area (Å²) in [6, 6.07) is 0. The van der Waals surface area contributed by atoms with E-state index >= 15 is 0 Å². The van der Waals surface area contributed by atoms with Crippen LogP contribution < -0.4 is 0 Å². The molecule has 0 aromatic carbocycles. The zero-order chi connectivity index (χ0) is 10.8. The molecule has 14 heavy (non-hydrogen) atoms. The molecule has 0 aliphatic heterocycles. The van der Waals surface area contributed by atoms with E-state index in [1.807, 2.05) is 0 Å². The molecule has 0 fully saturated rings. The van der Waals surface area contributed by atoms with E-state index in [1.165, 1.54) is 12.8 Å². The molecule has 1 N–H and O–H groups in total. The van der Waals surface area contributed by atoms with Crippen LogP contribution in [0.4, 0.5) is 0 Å². The Bertz CT molecular complexity index is 166. The van der Waals surface area contributed by atoms with E-state index in [2.05, 4.69) is 13.5 Å². The number of hydrogen-bond donors (Lipinski definition) is 1. The Labute approximate surface area is 85.8 Å². The minimum absolute atomic E-state index is 0.105. The van der Waals surface area contributed by atoms with E-state index in [-0.39, 0.29) is 12.7 Å². The predicted molar refractivity (Wildman–Crippen MR) is 55.9 cm³/mol. The third-order valence-corrected chi connectivity index (χ3v) is 2.03. The summed E-state index contributed by atoms with van der Waals surface area (Å²) in [5, 5.41) is 8.92. The first-order valence-electron chi connectivity index (χ1n) is 5.18. The normalized spacial score (nSPS) is 12.1. The molecule has 0 aliphatic carbocycles. The van der Waals surface area contributed by atoms with Gasteiger partial charge in [-0.3, -0.25) is 0 Å². The molecule has 1 unspecified atom stereocenters. The third-order valence-electron chi connectivity index (χ3n) is 2.03. The lowest BCUT2D eigenvalue weighted by Crippen LogP contribution is -2.20. The van der Waals surface area contributed by atoms with Gasteiger partial charge in [-0.05, 0) is 12.8 Å². The molecular weight excluding hydrogens is 180 g/mol. The van der Waals surface area contributed by atoms with E-state index in [1.54, 1.807) is 0 Å². The number of aliphatic hydroxyl groups is 1. The van der Waals surface area contributed by atoms with Crippen molar-refractivity contribution in [1.82, 2.24) is 0 Å². The van der Waals surface area contributed by atoms with Crippen molar-refractivity contribution in [2.45, 2.75) is 45.1 Å². The molecule has 3 nitrogen and oxygen atoms in total. The summed E-state index contributed by atoms with van der Waals surface area (Å²) in [7, 11) is 0. The fourth-order valence-electron chi connectivity index (χ4n) is 1.20. The predicted octanol–water partition coefficient (Wildman–Crippen LogP) is 2.05. The average Bonchev–Trinajstić information content (AvgIpc) is 2.22. The van der Waals surface area contributed by atoms with Gasteiger partial charge in [0.1, 0.15) is 6.10 Å². The van der Waals surface area contributed by atoms with Crippen molar-refractivity contribution in [2.75, 3.05) is 6.61 Å². The number of rotatable bonds is 8. The maximum Gasteiger partial charge on any atom is 0.330 e. The van der Waals surface area contributed by atoms with Crippen molar-refractivity contribution in [2.24, 2.45) is 0 Å². The molecule has 1 atom stereocenters. The van der Waals surface area contributed by atoms with E-state index < -0.39 is 5.97 Å². The number of esters is 1. The van der Waals surface area contributed by atoms with Gasteiger partial charge in [-0.15, -0.1) is 0 Å². The lowest BCUT2D eigenvalue weighted by Gasteiger charge is -2.13. The summed E-state index contributed by atoms with van der Waals surface area (Å²) in [6.07, 6.45) is 5.97. The Hall–Kier alpha value is -0.830. The highest BCUT2D eigenvalue weighted by Gasteiger charge is 2.10. The molecule has 0 bridgehead atoms. The van der Waals surface area contributed by atoms with E-state index in [0.717, 1.165) is 25.3 Å². The van der Waals surface area contributed by atoms with Crippen LogP contribution in [0.3, 0.4) is 0 Å². The first-order chi connectivity index (χ1) is 6.74. The zero-order valence-corrected chi connectivity index (χ0v) is 8.87. The minimum Gasteiger partial charge on any atom is -0.457 e. The number of carbonyl (C=O) groups is 1. The van der Waals surface area contributed by atoms with Crippen molar-refractivity contribution in [3.05, 3.63) is 12.7 Å². The smallest absolute Gasteiger partial charge is 0.330 e. The van der Waals surface area contributed by atoms with Crippen molar-refractivity contribution >= 4 is 5.97 Å². The van der Waals surface area contributed by atoms with Gasteiger partial charge in [0.05, 0.1) is 6.61 Å². The summed E-state index contributed by atoms with van der Waals surface area (Å²) >= 11 is 0. The van der Waals surface area contributed by atoms with Crippen molar-refractivity contribution < 1.29 is 14.6 Å². The largest absolute Gasteiger partial charge is 0.457 e. The summed E-state index contributed by atoms with van der Waals surface area (Å²) in [4.78, 5) is 10.8. The maximum absolute atomic E-state index is 10.8. The molecule has 82 valence electrons. The minimum atomic E-state index is -0.459. The monoisotopic (exact) mass is 200 g/mol. The van der Waals surface area contributed by atoms with Crippen LogP contribution in [-0.4, -0.2) is 23.8 Å². The highest BCUT2D eigenvalue weighted by Crippen LogP contribution is 2.08. The summed E-state index contributed by atoms with van der Waals surface area (Å²) in [5.74, 6) is -0.459. The lowest BCUT2D eigenvalue weighted by atomic mass is 10.1. The molecule has 0 spiro atoms. The molecule has 0 saturated heterocycles. The van der Waals surface area contributed by atoms with Crippen LogP contribution in [0.2, 0.25) is 0 Å². The molecule has 0 aromatic rings. The molecular formula is C11H20O3. The van der Waals surface area contributed by atoms with Crippen LogP contribution in [0.25, 0.3) is 0 Å². The van der Waals surface area contributed by atoms with Gasteiger partial charge in [0.25, 0.3) is 0 Å². The second-order valence-corrected chi connectivity index (χ2v) is 3.29. The van der Waals surface area contributed by atoms with Gasteiger partial charge in [0.2, 0.25) is 0 Å². The van der Waals surface area contributed by atoms with Crippen LogP contribution in [0.5, 0.6) is 0 Å².